The van der Waals surface area contributed by atoms with Crippen LogP contribution in [0.25, 0.3) is 6.08 Å². The summed E-state index contributed by atoms with van der Waals surface area (Å²) in [5.74, 6) is 1.29. The maximum Gasteiger partial charge on any atom is 0.266 e. The minimum atomic E-state index is 0.00852. The molecule has 0 spiro atoms. The number of amides is 1. The zero-order chi connectivity index (χ0) is 24.1. The van der Waals surface area contributed by atoms with Crippen molar-refractivity contribution in [2.24, 2.45) is 0 Å². The first-order chi connectivity index (χ1) is 16.5. The van der Waals surface area contributed by atoms with Crippen molar-refractivity contribution in [1.29, 1.82) is 0 Å². The molecular weight excluding hydrogens is 486 g/mol. The van der Waals surface area contributed by atoms with Crippen LogP contribution in [-0.4, -0.2) is 28.3 Å². The predicted molar refractivity (Wildman–Crippen MR) is 145 cm³/mol. The van der Waals surface area contributed by atoms with Crippen LogP contribution < -0.4 is 9.47 Å². The molecule has 1 aliphatic heterocycles. The van der Waals surface area contributed by atoms with Crippen LogP contribution in [0.2, 0.25) is 5.02 Å². The number of thiocarbonyl (C=S) groups is 1. The third-order valence-corrected chi connectivity index (χ3v) is 7.68. The first kappa shape index (κ1) is 24.8. The third kappa shape index (κ3) is 5.68. The van der Waals surface area contributed by atoms with Gasteiger partial charge in [0.1, 0.15) is 10.9 Å². The van der Waals surface area contributed by atoms with E-state index in [0.29, 0.717) is 38.8 Å². The summed E-state index contributed by atoms with van der Waals surface area (Å²) in [4.78, 5) is 15.7. The van der Waals surface area contributed by atoms with Crippen LogP contribution in [0.15, 0.2) is 54.0 Å². The molecule has 2 fully saturated rings. The minimum Gasteiger partial charge on any atom is -0.493 e. The van der Waals surface area contributed by atoms with Crippen molar-refractivity contribution in [3.05, 3.63) is 75.7 Å². The molecule has 7 heteroatoms. The van der Waals surface area contributed by atoms with Gasteiger partial charge in [-0.25, -0.2) is 0 Å². The highest BCUT2D eigenvalue weighted by Crippen LogP contribution is 2.39. The number of methoxy groups -OCH3 is 1. The highest BCUT2D eigenvalue weighted by Gasteiger charge is 2.37. The molecule has 2 aliphatic rings. The van der Waals surface area contributed by atoms with E-state index in [4.69, 9.17) is 33.3 Å². The highest BCUT2D eigenvalue weighted by atomic mass is 35.5. The molecule has 1 saturated heterocycles. The molecule has 34 heavy (non-hydrogen) atoms. The topological polar surface area (TPSA) is 38.8 Å². The van der Waals surface area contributed by atoms with E-state index in [-0.39, 0.29) is 11.9 Å². The second-order valence-electron chi connectivity index (χ2n) is 8.46. The zero-order valence-corrected chi connectivity index (χ0v) is 21.6. The fourth-order valence-electron chi connectivity index (χ4n) is 4.41. The smallest absolute Gasteiger partial charge is 0.266 e. The molecule has 0 aromatic heterocycles. The van der Waals surface area contributed by atoms with E-state index < -0.39 is 0 Å². The minimum absolute atomic E-state index is 0.00852. The number of rotatable bonds is 8. The molecule has 1 aliphatic carbocycles. The lowest BCUT2D eigenvalue weighted by Crippen LogP contribution is -2.39. The van der Waals surface area contributed by atoms with Crippen molar-refractivity contribution in [3.8, 4) is 11.5 Å². The van der Waals surface area contributed by atoms with Gasteiger partial charge in [-0.2, -0.15) is 0 Å². The Morgan fingerprint density at radius 2 is 1.94 bits per heavy atom. The number of hydrogen-bond acceptors (Lipinski definition) is 5. The maximum absolute atomic E-state index is 13.2. The standard InChI is InChI=1S/C27H28ClNO3S2/c1-3-7-20-14-19(15-23(31-2)25(20)32-17-18-10-12-21(28)13-11-18)16-24-26(30)29(27(33)34-24)22-8-5-4-6-9-22/h3,10-16,22H,1,4-9,17H2,2H3/b24-16+. The van der Waals surface area contributed by atoms with Crippen LogP contribution in [0.5, 0.6) is 11.5 Å². The molecule has 2 aromatic carbocycles. The first-order valence-electron chi connectivity index (χ1n) is 11.5. The lowest BCUT2D eigenvalue weighted by Gasteiger charge is -2.29. The van der Waals surface area contributed by atoms with Gasteiger partial charge < -0.3 is 9.47 Å². The monoisotopic (exact) mass is 513 g/mol. The summed E-state index contributed by atoms with van der Waals surface area (Å²) >= 11 is 12.9. The van der Waals surface area contributed by atoms with Crippen molar-refractivity contribution in [2.75, 3.05) is 7.11 Å². The normalized spacial score (nSPS) is 17.9. The first-order valence-corrected chi connectivity index (χ1v) is 13.1. The van der Waals surface area contributed by atoms with E-state index in [1.807, 2.05) is 53.5 Å². The molecule has 2 aromatic rings. The highest BCUT2D eigenvalue weighted by molar-refractivity contribution is 8.26. The summed E-state index contributed by atoms with van der Waals surface area (Å²) in [6, 6.07) is 11.7. The van der Waals surface area contributed by atoms with E-state index >= 15 is 0 Å². The summed E-state index contributed by atoms with van der Waals surface area (Å²) in [5, 5.41) is 0.687. The Labute approximate surface area is 216 Å². The Morgan fingerprint density at radius 3 is 2.62 bits per heavy atom. The van der Waals surface area contributed by atoms with Gasteiger partial charge >= 0.3 is 0 Å². The van der Waals surface area contributed by atoms with Crippen molar-refractivity contribution in [1.82, 2.24) is 4.90 Å². The maximum atomic E-state index is 13.2. The molecule has 1 heterocycles. The largest absolute Gasteiger partial charge is 0.493 e. The van der Waals surface area contributed by atoms with Crippen LogP contribution in [0.4, 0.5) is 0 Å². The van der Waals surface area contributed by atoms with Gasteiger partial charge in [-0.1, -0.05) is 73.1 Å². The Kier molecular flexibility index (Phi) is 8.35. The van der Waals surface area contributed by atoms with Gasteiger partial charge in [0.2, 0.25) is 0 Å². The van der Waals surface area contributed by atoms with Crippen molar-refractivity contribution < 1.29 is 14.3 Å². The summed E-state index contributed by atoms with van der Waals surface area (Å²) < 4.78 is 12.5. The lowest BCUT2D eigenvalue weighted by atomic mass is 9.94. The van der Waals surface area contributed by atoms with Crippen LogP contribution in [-0.2, 0) is 17.8 Å². The molecule has 0 radical (unpaired) electrons. The van der Waals surface area contributed by atoms with Gasteiger partial charge in [-0.05, 0) is 60.7 Å². The van der Waals surface area contributed by atoms with Gasteiger partial charge in [0.25, 0.3) is 5.91 Å². The molecule has 0 bridgehead atoms. The van der Waals surface area contributed by atoms with E-state index in [1.54, 1.807) is 7.11 Å². The number of nitrogens with zero attached hydrogens (tertiary/aromatic N) is 1. The SMILES string of the molecule is C=CCc1cc(/C=C2/SC(=S)N(C3CCCCC3)C2=O)cc(OC)c1OCc1ccc(Cl)cc1. The molecule has 4 rings (SSSR count). The number of ether oxygens (including phenoxy) is 2. The Bertz CT molecular complexity index is 1110. The molecular formula is C27H28ClNO3S2. The van der Waals surface area contributed by atoms with Crippen molar-refractivity contribution in [2.45, 2.75) is 51.2 Å². The third-order valence-electron chi connectivity index (χ3n) is 6.10. The molecule has 4 nitrogen and oxygen atoms in total. The second kappa shape index (κ2) is 11.4. The average Bonchev–Trinajstić information content (AvgIpc) is 3.12. The number of carbonyl (C=O) groups excluding carboxylic acids is 1. The van der Waals surface area contributed by atoms with Crippen LogP contribution in [0.1, 0.15) is 48.8 Å². The Morgan fingerprint density at radius 1 is 1.21 bits per heavy atom. The summed E-state index contributed by atoms with van der Waals surface area (Å²) in [6.07, 6.45) is 9.93. The quantitative estimate of drug-likeness (QED) is 0.212. The number of hydrogen-bond donors (Lipinski definition) is 0. The van der Waals surface area contributed by atoms with Gasteiger partial charge in [0.05, 0.1) is 12.0 Å². The summed E-state index contributed by atoms with van der Waals surface area (Å²) in [7, 11) is 1.62. The number of benzene rings is 2. The van der Waals surface area contributed by atoms with Crippen molar-refractivity contribution >= 4 is 51.9 Å². The molecule has 0 N–H and O–H groups in total. The van der Waals surface area contributed by atoms with Crippen molar-refractivity contribution in [3.63, 3.8) is 0 Å². The van der Waals surface area contributed by atoms with Gasteiger partial charge in [0, 0.05) is 16.6 Å². The predicted octanol–water partition coefficient (Wildman–Crippen LogP) is 7.19. The van der Waals surface area contributed by atoms with Gasteiger partial charge in [-0.15, -0.1) is 6.58 Å². The number of allylic oxidation sites excluding steroid dienone is 1. The van der Waals surface area contributed by atoms with Crippen LogP contribution in [0, 0.1) is 0 Å². The zero-order valence-electron chi connectivity index (χ0n) is 19.2. The second-order valence-corrected chi connectivity index (χ2v) is 10.6. The molecule has 0 atom stereocenters. The number of carbonyl (C=O) groups is 1. The van der Waals surface area contributed by atoms with Gasteiger partial charge in [0.15, 0.2) is 11.5 Å². The Hall–Kier alpha value is -2.28. The number of thioether (sulfide) groups is 1. The van der Waals surface area contributed by atoms with E-state index in [1.165, 1.54) is 18.2 Å². The molecule has 0 unspecified atom stereocenters. The fraction of sp³-hybridized carbons (Fsp3) is 0.333. The van der Waals surface area contributed by atoms with Crippen LogP contribution in [0.3, 0.4) is 0 Å². The van der Waals surface area contributed by atoms with Gasteiger partial charge in [-0.3, -0.25) is 9.69 Å². The summed E-state index contributed by atoms with van der Waals surface area (Å²) in [5.41, 5.74) is 2.82. The number of halogens is 1. The van der Waals surface area contributed by atoms with Crippen LogP contribution >= 0.6 is 35.6 Å². The molecule has 1 saturated carbocycles. The average molecular weight is 514 g/mol. The fourth-order valence-corrected chi connectivity index (χ4v) is 5.94. The summed E-state index contributed by atoms with van der Waals surface area (Å²) in [6.45, 7) is 4.27. The Balaban J connectivity index is 1.59. The van der Waals surface area contributed by atoms with E-state index in [0.717, 1.165) is 42.4 Å². The van der Waals surface area contributed by atoms with E-state index in [9.17, 15) is 4.79 Å². The van der Waals surface area contributed by atoms with E-state index in [2.05, 4.69) is 6.58 Å². The lowest BCUT2D eigenvalue weighted by molar-refractivity contribution is -0.124. The molecule has 178 valence electrons. The molecule has 1 amide bonds.